The average molecular weight is 408 g/mol. The molecule has 1 fully saturated rings. The van der Waals surface area contributed by atoms with Crippen LogP contribution in [0, 0.1) is 12.8 Å². The molecule has 0 aliphatic carbocycles. The zero-order valence-electron chi connectivity index (χ0n) is 15.2. The van der Waals surface area contributed by atoms with Gasteiger partial charge in [0.25, 0.3) is 5.91 Å². The van der Waals surface area contributed by atoms with Crippen LogP contribution >= 0.6 is 0 Å². The van der Waals surface area contributed by atoms with E-state index in [2.05, 4.69) is 4.72 Å². The molecule has 1 saturated heterocycles. The minimum atomic E-state index is -4.36. The maximum atomic E-state index is 13.0. The van der Waals surface area contributed by atoms with Gasteiger partial charge in [0, 0.05) is 32.3 Å². The number of nitrogens with zero attached hydrogens (tertiary/aromatic N) is 1. The molecule has 27 heavy (non-hydrogen) atoms. The Labute approximate surface area is 156 Å². The Kier molecular flexibility index (Phi) is 6.87. The van der Waals surface area contributed by atoms with Crippen LogP contribution in [0.1, 0.15) is 28.8 Å². The number of carbonyl (C=O) groups excluding carboxylic acids is 1. The van der Waals surface area contributed by atoms with Gasteiger partial charge >= 0.3 is 6.18 Å². The first kappa shape index (κ1) is 21.6. The van der Waals surface area contributed by atoms with E-state index in [9.17, 15) is 26.4 Å². The van der Waals surface area contributed by atoms with E-state index in [0.29, 0.717) is 5.56 Å². The van der Waals surface area contributed by atoms with Crippen molar-refractivity contribution in [3.05, 3.63) is 29.3 Å². The fourth-order valence-electron chi connectivity index (χ4n) is 2.96. The number of hydrogen-bond acceptors (Lipinski definition) is 4. The summed E-state index contributed by atoms with van der Waals surface area (Å²) in [5.41, 5.74) is 0.595. The molecule has 1 atom stereocenters. The lowest BCUT2D eigenvalue weighted by Crippen LogP contribution is -2.44. The van der Waals surface area contributed by atoms with Gasteiger partial charge in [0.15, 0.2) is 0 Å². The molecule has 1 unspecified atom stereocenters. The van der Waals surface area contributed by atoms with Crippen molar-refractivity contribution >= 4 is 15.9 Å². The van der Waals surface area contributed by atoms with Crippen LogP contribution in [0.25, 0.3) is 0 Å². The molecule has 0 saturated carbocycles. The molecule has 1 aromatic rings. The topological polar surface area (TPSA) is 75.7 Å². The number of methoxy groups -OCH3 is 1. The van der Waals surface area contributed by atoms with Crippen LogP contribution in [0.2, 0.25) is 0 Å². The van der Waals surface area contributed by atoms with Crippen LogP contribution in [-0.4, -0.2) is 58.8 Å². The van der Waals surface area contributed by atoms with Crippen molar-refractivity contribution in [2.45, 2.75) is 30.8 Å². The minimum Gasteiger partial charge on any atom is -0.383 e. The SMILES string of the molecule is COCCNS(=O)(=O)c1ccc(C)c(C(=O)N2CCCC(C(F)(F)F)C2)c1. The van der Waals surface area contributed by atoms with E-state index in [4.69, 9.17) is 4.74 Å². The number of aryl methyl sites for hydroxylation is 1. The van der Waals surface area contributed by atoms with E-state index in [-0.39, 0.29) is 43.0 Å². The summed E-state index contributed by atoms with van der Waals surface area (Å²) in [6.07, 6.45) is -4.11. The molecule has 6 nitrogen and oxygen atoms in total. The number of nitrogens with one attached hydrogen (secondary N) is 1. The molecule has 1 aliphatic heterocycles. The molecule has 1 amide bonds. The first-order valence-corrected chi connectivity index (χ1v) is 10.00. The van der Waals surface area contributed by atoms with Gasteiger partial charge < -0.3 is 9.64 Å². The van der Waals surface area contributed by atoms with Crippen LogP contribution in [0.4, 0.5) is 13.2 Å². The quantitative estimate of drug-likeness (QED) is 0.733. The molecule has 0 bridgehead atoms. The number of rotatable bonds is 6. The van der Waals surface area contributed by atoms with Crippen molar-refractivity contribution in [1.29, 1.82) is 0 Å². The highest BCUT2D eigenvalue weighted by Gasteiger charge is 2.42. The summed E-state index contributed by atoms with van der Waals surface area (Å²) < 4.78 is 70.7. The predicted octanol–water partition coefficient (Wildman–Crippen LogP) is 2.33. The number of amides is 1. The Bertz CT molecular complexity index is 781. The molecule has 2 rings (SSSR count). The Balaban J connectivity index is 2.23. The van der Waals surface area contributed by atoms with Gasteiger partial charge in [-0.05, 0) is 37.5 Å². The third kappa shape index (κ3) is 5.43. The lowest BCUT2D eigenvalue weighted by atomic mass is 9.96. The summed E-state index contributed by atoms with van der Waals surface area (Å²) in [4.78, 5) is 13.8. The lowest BCUT2D eigenvalue weighted by Gasteiger charge is -2.34. The largest absolute Gasteiger partial charge is 0.393 e. The summed E-state index contributed by atoms with van der Waals surface area (Å²) in [5.74, 6) is -2.14. The summed E-state index contributed by atoms with van der Waals surface area (Å²) in [7, 11) is -2.42. The number of piperidine rings is 1. The van der Waals surface area contributed by atoms with Crippen molar-refractivity contribution in [2.24, 2.45) is 5.92 Å². The van der Waals surface area contributed by atoms with E-state index in [0.717, 1.165) is 4.90 Å². The number of hydrogen-bond donors (Lipinski definition) is 1. The van der Waals surface area contributed by atoms with Gasteiger partial charge in [-0.15, -0.1) is 0 Å². The van der Waals surface area contributed by atoms with Crippen LogP contribution in [0.5, 0.6) is 0 Å². The summed E-state index contributed by atoms with van der Waals surface area (Å²) in [5, 5.41) is 0. The Morgan fingerprint density at radius 1 is 1.37 bits per heavy atom. The van der Waals surface area contributed by atoms with E-state index in [1.54, 1.807) is 6.92 Å². The molecule has 1 N–H and O–H groups in total. The van der Waals surface area contributed by atoms with E-state index in [1.807, 2.05) is 0 Å². The van der Waals surface area contributed by atoms with Crippen molar-refractivity contribution < 1.29 is 31.1 Å². The molecule has 0 aromatic heterocycles. The third-order valence-electron chi connectivity index (χ3n) is 4.52. The van der Waals surface area contributed by atoms with Crippen LogP contribution in [-0.2, 0) is 14.8 Å². The van der Waals surface area contributed by atoms with Crippen LogP contribution < -0.4 is 4.72 Å². The highest BCUT2D eigenvalue weighted by atomic mass is 32.2. The van der Waals surface area contributed by atoms with E-state index in [1.165, 1.54) is 25.3 Å². The zero-order chi connectivity index (χ0) is 20.2. The average Bonchev–Trinajstić information content (AvgIpc) is 2.61. The number of alkyl halides is 3. The summed E-state index contributed by atoms with van der Waals surface area (Å²) in [6, 6.07) is 4.04. The van der Waals surface area contributed by atoms with E-state index >= 15 is 0 Å². The monoisotopic (exact) mass is 408 g/mol. The third-order valence-corrected chi connectivity index (χ3v) is 5.98. The summed E-state index contributed by atoms with van der Waals surface area (Å²) in [6.45, 7) is 1.67. The second kappa shape index (κ2) is 8.57. The van der Waals surface area contributed by atoms with Crippen molar-refractivity contribution in [3.8, 4) is 0 Å². The lowest BCUT2D eigenvalue weighted by molar-refractivity contribution is -0.184. The van der Waals surface area contributed by atoms with Crippen LogP contribution in [0.3, 0.4) is 0 Å². The number of benzene rings is 1. The first-order chi connectivity index (χ1) is 12.6. The number of sulfonamides is 1. The minimum absolute atomic E-state index is 0.00982. The van der Waals surface area contributed by atoms with Gasteiger partial charge in [0.2, 0.25) is 10.0 Å². The molecule has 0 radical (unpaired) electrons. The highest BCUT2D eigenvalue weighted by molar-refractivity contribution is 7.89. The van der Waals surface area contributed by atoms with Gasteiger partial charge in [-0.3, -0.25) is 4.79 Å². The molecular formula is C17H23F3N2O4S. The Hall–Kier alpha value is -1.65. The standard InChI is InChI=1S/C17H23F3N2O4S/c1-12-5-6-14(27(24,25)21-7-9-26-2)10-15(12)16(23)22-8-3-4-13(11-22)17(18,19)20/h5-6,10,13,21H,3-4,7-9,11H2,1-2H3. The molecule has 1 aromatic carbocycles. The maximum absolute atomic E-state index is 13.0. The number of ether oxygens (including phenoxy) is 1. The number of carbonyl (C=O) groups is 1. The Morgan fingerprint density at radius 2 is 2.07 bits per heavy atom. The molecule has 152 valence electrons. The van der Waals surface area contributed by atoms with Crippen molar-refractivity contribution in [1.82, 2.24) is 9.62 Å². The molecule has 1 heterocycles. The van der Waals surface area contributed by atoms with Gasteiger partial charge in [0.1, 0.15) is 0 Å². The zero-order valence-corrected chi connectivity index (χ0v) is 16.0. The van der Waals surface area contributed by atoms with Gasteiger partial charge in [-0.25, -0.2) is 13.1 Å². The molecule has 0 spiro atoms. The summed E-state index contributed by atoms with van der Waals surface area (Å²) >= 11 is 0. The second-order valence-electron chi connectivity index (χ2n) is 6.50. The fourth-order valence-corrected chi connectivity index (χ4v) is 4.00. The van der Waals surface area contributed by atoms with E-state index < -0.39 is 34.6 Å². The van der Waals surface area contributed by atoms with Crippen LogP contribution in [0.15, 0.2) is 23.1 Å². The van der Waals surface area contributed by atoms with Gasteiger partial charge in [-0.2, -0.15) is 13.2 Å². The first-order valence-electron chi connectivity index (χ1n) is 8.51. The number of likely N-dealkylation sites (tertiary alicyclic amines) is 1. The second-order valence-corrected chi connectivity index (χ2v) is 8.27. The Morgan fingerprint density at radius 3 is 2.70 bits per heavy atom. The highest BCUT2D eigenvalue weighted by Crippen LogP contribution is 2.33. The predicted molar refractivity (Wildman–Crippen MR) is 92.9 cm³/mol. The van der Waals surface area contributed by atoms with Gasteiger partial charge in [-0.1, -0.05) is 6.07 Å². The maximum Gasteiger partial charge on any atom is 0.393 e. The molecule has 1 aliphatic rings. The van der Waals surface area contributed by atoms with Crippen molar-refractivity contribution in [2.75, 3.05) is 33.4 Å². The van der Waals surface area contributed by atoms with Crippen molar-refractivity contribution in [3.63, 3.8) is 0 Å². The smallest absolute Gasteiger partial charge is 0.383 e. The van der Waals surface area contributed by atoms with Gasteiger partial charge in [0.05, 0.1) is 17.4 Å². The fraction of sp³-hybridized carbons (Fsp3) is 0.588. The normalized spacial score (nSPS) is 18.6. The molecule has 10 heteroatoms. The number of halogens is 3. The molecular weight excluding hydrogens is 385 g/mol.